The van der Waals surface area contributed by atoms with Crippen LogP contribution in [0, 0.1) is 10.1 Å². The molecule has 0 aliphatic rings. The van der Waals surface area contributed by atoms with Crippen LogP contribution in [0.2, 0.25) is 0 Å². The van der Waals surface area contributed by atoms with Gasteiger partial charge >= 0.3 is 0 Å². The minimum absolute atomic E-state index is 0.131. The third-order valence-corrected chi connectivity index (χ3v) is 8.04. The van der Waals surface area contributed by atoms with Gasteiger partial charge in [0.2, 0.25) is 0 Å². The summed E-state index contributed by atoms with van der Waals surface area (Å²) in [7, 11) is -3.68. The second-order valence-electron chi connectivity index (χ2n) is 4.21. The van der Waals surface area contributed by atoms with Gasteiger partial charge in [-0.25, -0.2) is 0 Å². The van der Waals surface area contributed by atoms with Gasteiger partial charge in [-0.3, -0.25) is 4.18 Å². The summed E-state index contributed by atoms with van der Waals surface area (Å²) in [5, 5.41) is 0. The number of hydrogen-bond donors (Lipinski definition) is 0. The first kappa shape index (κ1) is 17.1. The lowest BCUT2D eigenvalue weighted by molar-refractivity contribution is 0.322. The van der Waals surface area contributed by atoms with E-state index in [0.29, 0.717) is 6.42 Å². The molecule has 1 aromatic heterocycles. The van der Waals surface area contributed by atoms with Crippen molar-refractivity contribution in [2.45, 2.75) is 22.4 Å². The fraction of sp³-hybridized carbons (Fsp3) is 0.308. The molecular formula is C13H14O3S5. The van der Waals surface area contributed by atoms with Crippen molar-refractivity contribution in [3.05, 3.63) is 37.8 Å². The predicted molar refractivity (Wildman–Crippen MR) is 92.8 cm³/mol. The third-order valence-electron chi connectivity index (χ3n) is 2.67. The van der Waals surface area contributed by atoms with Gasteiger partial charge in [0.25, 0.3) is 10.1 Å². The molecule has 1 heterocycles. The molecule has 2 aromatic rings. The van der Waals surface area contributed by atoms with Crippen LogP contribution in [0.1, 0.15) is 10.4 Å². The van der Waals surface area contributed by atoms with Crippen LogP contribution in [0.15, 0.2) is 33.4 Å². The largest absolute Gasteiger partial charge is 0.296 e. The number of rotatable bonds is 6. The third kappa shape index (κ3) is 4.61. The second-order valence-corrected chi connectivity index (χ2v) is 10.2. The van der Waals surface area contributed by atoms with Crippen molar-refractivity contribution in [1.29, 1.82) is 0 Å². The smallest absolute Gasteiger partial charge is 0.266 e. The summed E-state index contributed by atoms with van der Waals surface area (Å²) in [5.41, 5.74) is 1.01. The van der Waals surface area contributed by atoms with Crippen LogP contribution in [0.5, 0.6) is 0 Å². The average Bonchev–Trinajstić information content (AvgIpc) is 2.79. The van der Waals surface area contributed by atoms with E-state index in [-0.39, 0.29) is 11.5 Å². The van der Waals surface area contributed by atoms with Crippen LogP contribution in [-0.2, 0) is 20.7 Å². The van der Waals surface area contributed by atoms with Crippen molar-refractivity contribution in [2.24, 2.45) is 0 Å². The normalized spacial score (nSPS) is 11.7. The summed E-state index contributed by atoms with van der Waals surface area (Å²) in [6.45, 7) is 2.04. The van der Waals surface area contributed by atoms with Crippen LogP contribution >= 0.6 is 46.7 Å². The molecule has 0 atom stereocenters. The Labute approximate surface area is 142 Å². The molecule has 0 spiro atoms. The van der Waals surface area contributed by atoms with Crippen molar-refractivity contribution >= 4 is 56.8 Å². The highest BCUT2D eigenvalue weighted by atomic mass is 32.2. The summed E-state index contributed by atoms with van der Waals surface area (Å²) < 4.78 is 31.2. The van der Waals surface area contributed by atoms with Gasteiger partial charge in [0.15, 0.2) is 0 Å². The summed E-state index contributed by atoms with van der Waals surface area (Å²) in [6, 6.07) is 6.64. The highest BCUT2D eigenvalue weighted by Gasteiger charge is 2.15. The van der Waals surface area contributed by atoms with Crippen molar-refractivity contribution in [3.63, 3.8) is 0 Å². The second kappa shape index (κ2) is 7.34. The average molecular weight is 379 g/mol. The van der Waals surface area contributed by atoms with Gasteiger partial charge in [0.1, 0.15) is 3.14 Å². The first-order valence-corrected chi connectivity index (χ1v) is 10.7. The molecule has 0 radical (unpaired) electrons. The maximum Gasteiger partial charge on any atom is 0.296 e. The van der Waals surface area contributed by atoms with E-state index in [9.17, 15) is 8.42 Å². The van der Waals surface area contributed by atoms with Crippen LogP contribution in [0.25, 0.3) is 0 Å². The minimum Gasteiger partial charge on any atom is -0.266 e. The summed E-state index contributed by atoms with van der Waals surface area (Å²) >= 11 is 9.88. The molecule has 0 saturated heterocycles. The van der Waals surface area contributed by atoms with Crippen molar-refractivity contribution in [2.75, 3.05) is 12.9 Å². The molecule has 0 aliphatic carbocycles. The summed E-state index contributed by atoms with van der Waals surface area (Å²) in [5.74, 6) is 0. The van der Waals surface area contributed by atoms with E-state index in [2.05, 4.69) is 0 Å². The zero-order valence-corrected chi connectivity index (χ0v) is 15.6. The predicted octanol–water partition coefficient (Wildman–Crippen LogP) is 4.52. The van der Waals surface area contributed by atoms with E-state index in [4.69, 9.17) is 16.4 Å². The number of aryl methyl sites for hydroxylation is 1. The van der Waals surface area contributed by atoms with Gasteiger partial charge < -0.3 is 0 Å². The molecule has 114 valence electrons. The zero-order chi connectivity index (χ0) is 15.5. The Kier molecular flexibility index (Phi) is 5.98. The maximum atomic E-state index is 12.1. The molecule has 0 unspecified atom stereocenters. The van der Waals surface area contributed by atoms with Crippen LogP contribution < -0.4 is 0 Å². The lowest BCUT2D eigenvalue weighted by Gasteiger charge is -2.06. The molecule has 3 nitrogen and oxygen atoms in total. The Morgan fingerprint density at radius 2 is 1.90 bits per heavy atom. The molecule has 21 heavy (non-hydrogen) atoms. The van der Waals surface area contributed by atoms with Gasteiger partial charge in [0.05, 0.1) is 15.7 Å². The quantitative estimate of drug-likeness (QED) is 0.420. The fourth-order valence-electron chi connectivity index (χ4n) is 1.62. The molecule has 1 aromatic carbocycles. The standard InChI is InChI=1S/C13H14O3S5/c1-9-3-5-10(6-4-9)21(14,15)16-8-7-11-12(18-2)20-13(17)19-11/h3-6H,7-8H2,1-2H3. The number of thioether (sulfide) groups is 1. The van der Waals surface area contributed by atoms with Crippen molar-refractivity contribution < 1.29 is 12.6 Å². The maximum absolute atomic E-state index is 12.1. The van der Waals surface area contributed by atoms with Crippen molar-refractivity contribution in [1.82, 2.24) is 0 Å². The molecule has 0 fully saturated rings. The Balaban J connectivity index is 2.02. The molecular weight excluding hydrogens is 364 g/mol. The minimum atomic E-state index is -3.68. The van der Waals surface area contributed by atoms with Gasteiger partial charge in [-0.2, -0.15) is 8.42 Å². The van der Waals surface area contributed by atoms with E-state index in [1.54, 1.807) is 47.4 Å². The fourth-order valence-corrected chi connectivity index (χ4v) is 6.49. The topological polar surface area (TPSA) is 43.4 Å². The van der Waals surface area contributed by atoms with Gasteiger partial charge in [0, 0.05) is 11.3 Å². The molecule has 0 N–H and O–H groups in total. The molecule has 0 saturated carbocycles. The summed E-state index contributed by atoms with van der Waals surface area (Å²) in [6.07, 6.45) is 2.54. The number of benzene rings is 1. The van der Waals surface area contributed by atoms with Crippen LogP contribution in [0.3, 0.4) is 0 Å². The first-order valence-electron chi connectivity index (χ1n) is 6.05. The Bertz CT molecular complexity index is 756. The van der Waals surface area contributed by atoms with E-state index >= 15 is 0 Å². The first-order chi connectivity index (χ1) is 9.92. The van der Waals surface area contributed by atoms with E-state index in [0.717, 1.165) is 17.8 Å². The van der Waals surface area contributed by atoms with Gasteiger partial charge in [-0.05, 0) is 25.3 Å². The lowest BCUT2D eigenvalue weighted by atomic mass is 10.2. The summed E-state index contributed by atoms with van der Waals surface area (Å²) in [4.78, 5) is 1.28. The molecule has 8 heteroatoms. The SMILES string of the molecule is CSc1sc(=S)sc1CCOS(=O)(=O)c1ccc(C)cc1. The zero-order valence-electron chi connectivity index (χ0n) is 11.5. The molecule has 0 amide bonds. The Morgan fingerprint density at radius 3 is 2.52 bits per heavy atom. The Morgan fingerprint density at radius 1 is 1.24 bits per heavy atom. The highest BCUT2D eigenvalue weighted by molar-refractivity contribution is 8.01. The van der Waals surface area contributed by atoms with E-state index in [1.165, 1.54) is 11.3 Å². The molecule has 0 bridgehead atoms. The lowest BCUT2D eigenvalue weighted by Crippen LogP contribution is -2.09. The van der Waals surface area contributed by atoms with Gasteiger partial charge in [-0.1, -0.05) is 29.9 Å². The van der Waals surface area contributed by atoms with E-state index in [1.807, 2.05) is 13.2 Å². The monoisotopic (exact) mass is 378 g/mol. The Hall–Kier alpha value is -0.250. The van der Waals surface area contributed by atoms with Crippen LogP contribution in [-0.4, -0.2) is 21.3 Å². The molecule has 2 rings (SSSR count). The molecule has 0 aliphatic heterocycles. The van der Waals surface area contributed by atoms with Crippen LogP contribution in [0.4, 0.5) is 0 Å². The number of hydrogen-bond acceptors (Lipinski definition) is 7. The van der Waals surface area contributed by atoms with Gasteiger partial charge in [-0.15, -0.1) is 34.4 Å². The van der Waals surface area contributed by atoms with E-state index < -0.39 is 10.1 Å². The highest BCUT2D eigenvalue weighted by Crippen LogP contribution is 2.33. The van der Waals surface area contributed by atoms with Crippen molar-refractivity contribution in [3.8, 4) is 0 Å².